The molecule has 0 saturated carbocycles. The van der Waals surface area contributed by atoms with Gasteiger partial charge < -0.3 is 14.2 Å². The summed E-state index contributed by atoms with van der Waals surface area (Å²) < 4.78 is 16.9. The monoisotopic (exact) mass is 1140 g/mol. The third-order valence-electron chi connectivity index (χ3n) is 13.4. The Kier molecular flexibility index (Phi) is 64.4. The number of carbonyl (C=O) groups excluding carboxylic acids is 3. The van der Waals surface area contributed by atoms with Gasteiger partial charge in [0.15, 0.2) is 6.10 Å². The first kappa shape index (κ1) is 77.5. The summed E-state index contributed by atoms with van der Waals surface area (Å²) in [6.45, 7) is 6.23. The maximum absolute atomic E-state index is 12.9. The molecule has 0 aromatic heterocycles. The highest BCUT2D eigenvalue weighted by Crippen LogP contribution is 2.15. The Morgan fingerprint density at radius 1 is 0.241 bits per heavy atom. The Balaban J connectivity index is 4.48. The van der Waals surface area contributed by atoms with E-state index in [2.05, 4.69) is 203 Å². The lowest BCUT2D eigenvalue weighted by Crippen LogP contribution is -2.30. The van der Waals surface area contributed by atoms with Gasteiger partial charge in [-0.3, -0.25) is 14.4 Å². The second-order valence-corrected chi connectivity index (χ2v) is 21.2. The van der Waals surface area contributed by atoms with Crippen molar-refractivity contribution in [1.82, 2.24) is 0 Å². The standard InChI is InChI=1S/C77H120O6/c1-4-7-10-13-16-19-22-25-28-30-32-34-36-37-38-39-41-42-44-46-49-52-55-58-61-64-67-70-76(79)82-73-74(72-81-75(78)69-66-63-60-57-54-51-48-27-24-21-18-15-12-9-6-3)83-77(80)71-68-65-62-59-56-53-50-47-45-43-40-35-33-31-29-26-23-20-17-14-11-8-5-2/h7-12,16-21,25-29,32-35,37-38,43,45,48,50,53,59,62,74H,4-6,13-15,22-24,30-31,36,39-42,44,46-47,49,51-52,54-58,60-61,63-73H2,1-3H3/b10-7-,11-8-,12-9-,19-16-,20-17-,21-18-,28-25-,29-26-,34-32-,35-33-,38-37-,45-43-,48-27-,53-50-,62-59-. The van der Waals surface area contributed by atoms with Crippen molar-refractivity contribution in [2.45, 2.75) is 271 Å². The summed E-state index contributed by atoms with van der Waals surface area (Å²) in [6, 6.07) is 0. The second-order valence-electron chi connectivity index (χ2n) is 21.2. The molecule has 0 radical (unpaired) electrons. The zero-order valence-electron chi connectivity index (χ0n) is 53.1. The molecule has 0 spiro atoms. The van der Waals surface area contributed by atoms with Crippen LogP contribution in [0.3, 0.4) is 0 Å². The average molecular weight is 1140 g/mol. The molecule has 0 bridgehead atoms. The number of esters is 3. The van der Waals surface area contributed by atoms with E-state index in [4.69, 9.17) is 14.2 Å². The maximum Gasteiger partial charge on any atom is 0.306 e. The molecule has 0 aliphatic carbocycles. The Labute approximate surface area is 510 Å². The van der Waals surface area contributed by atoms with E-state index in [1.807, 2.05) is 0 Å². The minimum Gasteiger partial charge on any atom is -0.462 e. The largest absolute Gasteiger partial charge is 0.462 e. The van der Waals surface area contributed by atoms with E-state index >= 15 is 0 Å². The molecule has 6 nitrogen and oxygen atoms in total. The van der Waals surface area contributed by atoms with Crippen molar-refractivity contribution < 1.29 is 28.6 Å². The maximum atomic E-state index is 12.9. The van der Waals surface area contributed by atoms with Crippen LogP contribution in [0.4, 0.5) is 0 Å². The predicted octanol–water partition coefficient (Wildman–Crippen LogP) is 23.2. The molecular weight excluding hydrogens is 1020 g/mol. The lowest BCUT2D eigenvalue weighted by molar-refractivity contribution is -0.167. The van der Waals surface area contributed by atoms with Crippen LogP contribution in [-0.2, 0) is 28.6 Å². The number of rotatable bonds is 58. The zero-order chi connectivity index (χ0) is 59.9. The van der Waals surface area contributed by atoms with Gasteiger partial charge >= 0.3 is 17.9 Å². The number of hydrogen-bond donors (Lipinski definition) is 0. The average Bonchev–Trinajstić information content (AvgIpc) is 3.49. The van der Waals surface area contributed by atoms with E-state index < -0.39 is 6.10 Å². The summed E-state index contributed by atoms with van der Waals surface area (Å²) in [5.74, 6) is -1.00. The van der Waals surface area contributed by atoms with Crippen molar-refractivity contribution in [1.29, 1.82) is 0 Å². The summed E-state index contributed by atoms with van der Waals surface area (Å²) in [5, 5.41) is 0. The molecule has 0 aromatic carbocycles. The minimum absolute atomic E-state index is 0.117. The number of allylic oxidation sites excluding steroid dienone is 30. The van der Waals surface area contributed by atoms with E-state index in [1.165, 1.54) is 57.8 Å². The molecule has 1 unspecified atom stereocenters. The summed E-state index contributed by atoms with van der Waals surface area (Å²) >= 11 is 0. The van der Waals surface area contributed by atoms with Crippen LogP contribution in [0.1, 0.15) is 265 Å². The lowest BCUT2D eigenvalue weighted by atomic mass is 10.0. The number of carbonyl (C=O) groups is 3. The Bertz CT molecular complexity index is 1940. The van der Waals surface area contributed by atoms with E-state index in [1.54, 1.807) is 0 Å². The van der Waals surface area contributed by atoms with Crippen molar-refractivity contribution in [3.05, 3.63) is 182 Å². The molecule has 464 valence electrons. The van der Waals surface area contributed by atoms with Crippen LogP contribution < -0.4 is 0 Å². The van der Waals surface area contributed by atoms with Crippen LogP contribution in [0.25, 0.3) is 0 Å². The molecule has 0 aromatic rings. The summed E-state index contributed by atoms with van der Waals surface area (Å²) in [4.78, 5) is 38.4. The fourth-order valence-electron chi connectivity index (χ4n) is 8.53. The molecule has 0 N–H and O–H groups in total. The SMILES string of the molecule is CC/C=C\C/C=C\C/C=C\C/C=C\C/C=C\C/C=C\C/C=C\CCCC(=O)OC(COC(=O)CCCCCCC/C=C\C/C=C\C/C=C\CC)COC(=O)CCCCCCCCCCCCC/C=C\C/C=C\C/C=C\C/C=C\C/C=C\CC. The van der Waals surface area contributed by atoms with Gasteiger partial charge in [-0.15, -0.1) is 0 Å². The van der Waals surface area contributed by atoms with E-state index in [0.717, 1.165) is 161 Å². The lowest BCUT2D eigenvalue weighted by Gasteiger charge is -2.18. The highest BCUT2D eigenvalue weighted by atomic mass is 16.6. The van der Waals surface area contributed by atoms with Gasteiger partial charge in [0.1, 0.15) is 13.2 Å². The van der Waals surface area contributed by atoms with Gasteiger partial charge in [-0.25, -0.2) is 0 Å². The van der Waals surface area contributed by atoms with Gasteiger partial charge in [0.05, 0.1) is 0 Å². The molecule has 0 amide bonds. The van der Waals surface area contributed by atoms with Crippen molar-refractivity contribution in [2.24, 2.45) is 0 Å². The first-order valence-corrected chi connectivity index (χ1v) is 33.3. The molecule has 1 atom stereocenters. The molecule has 6 heteroatoms. The van der Waals surface area contributed by atoms with Gasteiger partial charge in [-0.1, -0.05) is 280 Å². The fraction of sp³-hybridized carbons (Fsp3) is 0.571. The first-order chi connectivity index (χ1) is 41.0. The van der Waals surface area contributed by atoms with Crippen molar-refractivity contribution in [3.8, 4) is 0 Å². The molecule has 83 heavy (non-hydrogen) atoms. The third kappa shape index (κ3) is 67.2. The van der Waals surface area contributed by atoms with Gasteiger partial charge in [-0.05, 0) is 148 Å². The molecule has 0 aliphatic rings. The Morgan fingerprint density at radius 3 is 0.711 bits per heavy atom. The van der Waals surface area contributed by atoms with Crippen LogP contribution in [0, 0.1) is 0 Å². The van der Waals surface area contributed by atoms with Crippen LogP contribution in [0.5, 0.6) is 0 Å². The van der Waals surface area contributed by atoms with Crippen molar-refractivity contribution in [3.63, 3.8) is 0 Å². The smallest absolute Gasteiger partial charge is 0.306 e. The van der Waals surface area contributed by atoms with Crippen LogP contribution in [-0.4, -0.2) is 37.2 Å². The molecule has 0 rings (SSSR count). The van der Waals surface area contributed by atoms with Crippen LogP contribution >= 0.6 is 0 Å². The van der Waals surface area contributed by atoms with Crippen LogP contribution in [0.15, 0.2) is 182 Å². The molecule has 0 aliphatic heterocycles. The third-order valence-corrected chi connectivity index (χ3v) is 13.4. The Morgan fingerprint density at radius 2 is 0.446 bits per heavy atom. The number of hydrogen-bond acceptors (Lipinski definition) is 6. The Hall–Kier alpha value is -5.49. The zero-order valence-corrected chi connectivity index (χ0v) is 53.1. The van der Waals surface area contributed by atoms with E-state index in [9.17, 15) is 14.4 Å². The first-order valence-electron chi connectivity index (χ1n) is 33.3. The summed E-state index contributed by atoms with van der Waals surface area (Å²) in [5.41, 5.74) is 0. The van der Waals surface area contributed by atoms with Gasteiger partial charge in [0.2, 0.25) is 0 Å². The van der Waals surface area contributed by atoms with Crippen molar-refractivity contribution in [2.75, 3.05) is 13.2 Å². The number of unbranched alkanes of at least 4 members (excludes halogenated alkanes) is 17. The molecular formula is C77H120O6. The predicted molar refractivity (Wildman–Crippen MR) is 361 cm³/mol. The van der Waals surface area contributed by atoms with Gasteiger partial charge in [-0.2, -0.15) is 0 Å². The highest BCUT2D eigenvalue weighted by Gasteiger charge is 2.19. The second kappa shape index (κ2) is 69.0. The normalized spacial score (nSPS) is 13.3. The highest BCUT2D eigenvalue weighted by molar-refractivity contribution is 5.71. The topological polar surface area (TPSA) is 78.9 Å². The quantitative estimate of drug-likeness (QED) is 0.0261. The summed E-state index contributed by atoms with van der Waals surface area (Å²) in [6.07, 6.45) is 103. The van der Waals surface area contributed by atoms with E-state index in [-0.39, 0.29) is 37.5 Å². The summed E-state index contributed by atoms with van der Waals surface area (Å²) in [7, 11) is 0. The molecule has 0 heterocycles. The van der Waals surface area contributed by atoms with Gasteiger partial charge in [0.25, 0.3) is 0 Å². The molecule has 0 fully saturated rings. The molecule has 0 saturated heterocycles. The van der Waals surface area contributed by atoms with Crippen LogP contribution in [0.2, 0.25) is 0 Å². The fourth-order valence-corrected chi connectivity index (χ4v) is 8.53. The minimum atomic E-state index is -0.829. The van der Waals surface area contributed by atoms with E-state index in [0.29, 0.717) is 19.3 Å². The van der Waals surface area contributed by atoms with Gasteiger partial charge in [0, 0.05) is 19.3 Å². The number of ether oxygens (including phenoxy) is 3. The van der Waals surface area contributed by atoms with Crippen molar-refractivity contribution >= 4 is 17.9 Å².